The van der Waals surface area contributed by atoms with Crippen LogP contribution in [0.2, 0.25) is 0 Å². The first kappa shape index (κ1) is 12.0. The fraction of sp³-hybridized carbons (Fsp3) is 1.00. The average molecular weight is 200 g/mol. The highest BCUT2D eigenvalue weighted by Gasteiger charge is 2.40. The standard InChI is InChI=1S/C12H24O2/c1-12(2,3)11-9(8-13)6-5-7-10(11)14-4/h9-11,13H,5-8H2,1-4H3. The van der Waals surface area contributed by atoms with Crippen LogP contribution in [0.3, 0.4) is 0 Å². The van der Waals surface area contributed by atoms with Gasteiger partial charge in [0, 0.05) is 13.7 Å². The summed E-state index contributed by atoms with van der Waals surface area (Å²) in [5.41, 5.74) is 0.231. The topological polar surface area (TPSA) is 29.5 Å². The SMILES string of the molecule is COC1CCCC(CO)C1C(C)(C)C. The molecule has 14 heavy (non-hydrogen) atoms. The molecule has 1 aliphatic rings. The molecule has 0 spiro atoms. The van der Waals surface area contributed by atoms with Gasteiger partial charge in [-0.3, -0.25) is 0 Å². The highest BCUT2D eigenvalue weighted by molar-refractivity contribution is 4.89. The summed E-state index contributed by atoms with van der Waals surface area (Å²) in [6.07, 6.45) is 3.82. The molecule has 0 amide bonds. The molecule has 0 heterocycles. The number of ether oxygens (including phenoxy) is 1. The molecule has 1 saturated carbocycles. The van der Waals surface area contributed by atoms with Gasteiger partial charge in [-0.25, -0.2) is 0 Å². The molecule has 84 valence electrons. The maximum absolute atomic E-state index is 9.38. The number of hydrogen-bond acceptors (Lipinski definition) is 2. The second-order valence-electron chi connectivity index (χ2n) is 5.54. The van der Waals surface area contributed by atoms with Crippen LogP contribution in [0.25, 0.3) is 0 Å². The quantitative estimate of drug-likeness (QED) is 0.742. The predicted octanol–water partition coefficient (Wildman–Crippen LogP) is 2.46. The van der Waals surface area contributed by atoms with Crippen molar-refractivity contribution in [3.05, 3.63) is 0 Å². The molecule has 0 aromatic carbocycles. The molecule has 1 N–H and O–H groups in total. The summed E-state index contributed by atoms with van der Waals surface area (Å²) in [6.45, 7) is 7.05. The summed E-state index contributed by atoms with van der Waals surface area (Å²) in [5, 5.41) is 9.38. The van der Waals surface area contributed by atoms with Crippen molar-refractivity contribution in [2.75, 3.05) is 13.7 Å². The fourth-order valence-electron chi connectivity index (χ4n) is 2.98. The zero-order valence-corrected chi connectivity index (χ0v) is 9.92. The van der Waals surface area contributed by atoms with Crippen molar-refractivity contribution in [1.29, 1.82) is 0 Å². The minimum atomic E-state index is 0.231. The van der Waals surface area contributed by atoms with E-state index in [4.69, 9.17) is 4.74 Å². The average Bonchev–Trinajstić information content (AvgIpc) is 2.15. The van der Waals surface area contributed by atoms with Crippen LogP contribution in [0.15, 0.2) is 0 Å². The van der Waals surface area contributed by atoms with Gasteiger partial charge in [0.05, 0.1) is 6.10 Å². The summed E-state index contributed by atoms with van der Waals surface area (Å²) in [5.74, 6) is 0.917. The van der Waals surface area contributed by atoms with Crippen LogP contribution in [0, 0.1) is 17.3 Å². The summed E-state index contributed by atoms with van der Waals surface area (Å²) >= 11 is 0. The zero-order valence-electron chi connectivity index (χ0n) is 9.92. The number of rotatable bonds is 2. The van der Waals surface area contributed by atoms with Gasteiger partial charge in [0.1, 0.15) is 0 Å². The van der Waals surface area contributed by atoms with E-state index in [1.54, 1.807) is 7.11 Å². The van der Waals surface area contributed by atoms with Crippen molar-refractivity contribution >= 4 is 0 Å². The van der Waals surface area contributed by atoms with Gasteiger partial charge in [0.2, 0.25) is 0 Å². The maximum Gasteiger partial charge on any atom is 0.0608 e. The largest absolute Gasteiger partial charge is 0.396 e. The highest BCUT2D eigenvalue weighted by atomic mass is 16.5. The van der Waals surface area contributed by atoms with Gasteiger partial charge >= 0.3 is 0 Å². The van der Waals surface area contributed by atoms with E-state index < -0.39 is 0 Å². The summed E-state index contributed by atoms with van der Waals surface area (Å²) in [7, 11) is 1.79. The first-order valence-corrected chi connectivity index (χ1v) is 5.64. The Hall–Kier alpha value is -0.0800. The lowest BCUT2D eigenvalue weighted by Crippen LogP contribution is -2.43. The van der Waals surface area contributed by atoms with Crippen LogP contribution in [-0.4, -0.2) is 24.9 Å². The molecule has 0 aromatic rings. The summed E-state index contributed by atoms with van der Waals surface area (Å²) in [6, 6.07) is 0. The Kier molecular flexibility index (Phi) is 3.96. The van der Waals surface area contributed by atoms with Gasteiger partial charge in [-0.05, 0) is 30.1 Å². The van der Waals surface area contributed by atoms with Crippen LogP contribution in [0.4, 0.5) is 0 Å². The Morgan fingerprint density at radius 3 is 2.36 bits per heavy atom. The minimum Gasteiger partial charge on any atom is -0.396 e. The van der Waals surface area contributed by atoms with E-state index in [9.17, 15) is 5.11 Å². The van der Waals surface area contributed by atoms with E-state index in [-0.39, 0.29) is 5.41 Å². The van der Waals surface area contributed by atoms with E-state index in [0.29, 0.717) is 24.5 Å². The van der Waals surface area contributed by atoms with Gasteiger partial charge < -0.3 is 9.84 Å². The summed E-state index contributed by atoms with van der Waals surface area (Å²) in [4.78, 5) is 0. The first-order valence-electron chi connectivity index (χ1n) is 5.64. The van der Waals surface area contributed by atoms with Gasteiger partial charge in [0.15, 0.2) is 0 Å². The van der Waals surface area contributed by atoms with Gasteiger partial charge in [-0.2, -0.15) is 0 Å². The Morgan fingerprint density at radius 1 is 1.29 bits per heavy atom. The molecule has 0 bridgehead atoms. The highest BCUT2D eigenvalue weighted by Crippen LogP contribution is 2.42. The fourth-order valence-corrected chi connectivity index (χ4v) is 2.98. The van der Waals surface area contributed by atoms with Gasteiger partial charge in [-0.15, -0.1) is 0 Å². The van der Waals surface area contributed by atoms with Crippen molar-refractivity contribution in [3.8, 4) is 0 Å². The first-order chi connectivity index (χ1) is 6.50. The molecule has 0 saturated heterocycles. The van der Waals surface area contributed by atoms with Crippen molar-refractivity contribution in [2.45, 2.75) is 46.1 Å². The number of aliphatic hydroxyl groups excluding tert-OH is 1. The normalized spacial score (nSPS) is 34.5. The lowest BCUT2D eigenvalue weighted by molar-refractivity contribution is -0.0655. The van der Waals surface area contributed by atoms with E-state index in [1.807, 2.05) is 0 Å². The molecule has 2 heteroatoms. The molecule has 0 aromatic heterocycles. The second-order valence-corrected chi connectivity index (χ2v) is 5.54. The number of methoxy groups -OCH3 is 1. The predicted molar refractivity (Wildman–Crippen MR) is 58.2 cm³/mol. The third-order valence-electron chi connectivity index (χ3n) is 3.51. The molecule has 0 radical (unpaired) electrons. The minimum absolute atomic E-state index is 0.231. The van der Waals surface area contributed by atoms with E-state index in [1.165, 1.54) is 6.42 Å². The van der Waals surface area contributed by atoms with E-state index in [0.717, 1.165) is 12.8 Å². The Morgan fingerprint density at radius 2 is 1.93 bits per heavy atom. The van der Waals surface area contributed by atoms with Crippen LogP contribution < -0.4 is 0 Å². The molecule has 3 unspecified atom stereocenters. The second kappa shape index (κ2) is 4.63. The Bertz CT molecular complexity index is 160. The smallest absolute Gasteiger partial charge is 0.0608 e. The monoisotopic (exact) mass is 200 g/mol. The van der Waals surface area contributed by atoms with Crippen LogP contribution >= 0.6 is 0 Å². The van der Waals surface area contributed by atoms with Crippen molar-refractivity contribution in [3.63, 3.8) is 0 Å². The van der Waals surface area contributed by atoms with E-state index >= 15 is 0 Å². The Balaban J connectivity index is 2.78. The Labute approximate surface area is 87.7 Å². The number of aliphatic hydroxyl groups is 1. The molecule has 3 atom stereocenters. The van der Waals surface area contributed by atoms with Crippen LogP contribution in [0.1, 0.15) is 40.0 Å². The molecule has 1 aliphatic carbocycles. The van der Waals surface area contributed by atoms with Crippen molar-refractivity contribution in [1.82, 2.24) is 0 Å². The van der Waals surface area contributed by atoms with Crippen molar-refractivity contribution < 1.29 is 9.84 Å². The lowest BCUT2D eigenvalue weighted by atomic mass is 9.65. The molecule has 0 aliphatic heterocycles. The third kappa shape index (κ3) is 2.48. The molecule has 1 fully saturated rings. The number of hydrogen-bond donors (Lipinski definition) is 1. The van der Waals surface area contributed by atoms with Crippen LogP contribution in [0.5, 0.6) is 0 Å². The van der Waals surface area contributed by atoms with Crippen molar-refractivity contribution in [2.24, 2.45) is 17.3 Å². The molecular formula is C12H24O2. The zero-order chi connectivity index (χ0) is 10.8. The lowest BCUT2D eigenvalue weighted by Gasteiger charge is -2.44. The van der Waals surface area contributed by atoms with Gasteiger partial charge in [0.25, 0.3) is 0 Å². The summed E-state index contributed by atoms with van der Waals surface area (Å²) < 4.78 is 5.55. The van der Waals surface area contributed by atoms with Gasteiger partial charge in [-0.1, -0.05) is 27.2 Å². The van der Waals surface area contributed by atoms with Crippen LogP contribution in [-0.2, 0) is 4.74 Å². The van der Waals surface area contributed by atoms with E-state index in [2.05, 4.69) is 20.8 Å². The third-order valence-corrected chi connectivity index (χ3v) is 3.51. The molecule has 1 rings (SSSR count). The maximum atomic E-state index is 9.38. The molecule has 2 nitrogen and oxygen atoms in total. The molecular weight excluding hydrogens is 176 g/mol.